The average Bonchev–Trinajstić information content (AvgIpc) is 3.06. The normalized spacial score (nSPS) is 22.1. The highest BCUT2D eigenvalue weighted by molar-refractivity contribution is 5.76. The summed E-state index contributed by atoms with van der Waals surface area (Å²) in [5, 5.41) is 28.5. The van der Waals surface area contributed by atoms with Crippen LogP contribution in [0.2, 0.25) is 0 Å². The van der Waals surface area contributed by atoms with Gasteiger partial charge in [0.2, 0.25) is 0 Å². The Balaban J connectivity index is 0.00000123. The molecule has 1 fully saturated rings. The third-order valence-electron chi connectivity index (χ3n) is 10.2. The minimum absolute atomic E-state index is 0.0184. The molecule has 1 rings (SSSR count). The third-order valence-corrected chi connectivity index (χ3v) is 10.2. The molecular weight excluding hydrogens is 930 g/mol. The second-order valence-corrected chi connectivity index (χ2v) is 15.5. The predicted octanol–water partition coefficient (Wildman–Crippen LogP) is 9.92. The van der Waals surface area contributed by atoms with E-state index in [1.54, 1.807) is 0 Å². The zero-order valence-electron chi connectivity index (χ0n) is 32.8. The number of esters is 2. The van der Waals surface area contributed by atoms with Crippen molar-refractivity contribution in [3.05, 3.63) is 0 Å². The molecular formula is C32H40F22O8. The molecule has 30 heteroatoms. The number of halogens is 22. The SMILES string of the molecule is CCC(C)(C)C(=O)OC(CF)C(F)(F)C(O)(OC(C)(F)C(F)(F)F)C(F)(F)F.CCC(C)(C)C(=O)OC1CC(C(O)(C(F)(F)F)C(F)(F)F)CC(C(O)(C(F)(F)F)C(F)(F)F)C1. The fourth-order valence-electron chi connectivity index (χ4n) is 5.25. The molecule has 5 unspecified atom stereocenters. The van der Waals surface area contributed by atoms with Crippen LogP contribution in [0, 0.1) is 22.7 Å². The smallest absolute Gasteiger partial charge is 0.449 e. The lowest BCUT2D eigenvalue weighted by atomic mass is 9.65. The molecule has 0 amide bonds. The summed E-state index contributed by atoms with van der Waals surface area (Å²) in [5.74, 6) is -27.4. The van der Waals surface area contributed by atoms with Crippen LogP contribution in [0.5, 0.6) is 0 Å². The van der Waals surface area contributed by atoms with Crippen LogP contribution in [0.3, 0.4) is 0 Å². The monoisotopic (exact) mass is 970 g/mol. The second kappa shape index (κ2) is 18.3. The van der Waals surface area contributed by atoms with Crippen molar-refractivity contribution in [3.8, 4) is 0 Å². The van der Waals surface area contributed by atoms with Crippen LogP contribution < -0.4 is 0 Å². The van der Waals surface area contributed by atoms with Gasteiger partial charge in [-0.05, 0) is 59.8 Å². The van der Waals surface area contributed by atoms with E-state index in [-0.39, 0.29) is 12.8 Å². The van der Waals surface area contributed by atoms with Gasteiger partial charge in [-0.2, -0.15) is 87.8 Å². The fourth-order valence-corrected chi connectivity index (χ4v) is 5.25. The van der Waals surface area contributed by atoms with Crippen molar-refractivity contribution in [2.75, 3.05) is 6.67 Å². The molecule has 0 bridgehead atoms. The standard InChI is InChI=1S/C18H22F12O4.C14H18F10O4/c1-4-12(2,3)11(31)34-10-6-8(13(32,15(19,20)21)16(22,23)24)5-9(7-10)14(33,17(25,26)27)18(28,29)30;1-5-9(2,3)8(25)27-7(6-15)11(17,18)12(26,14(22,23)24)28-10(4,16)13(19,20)21/h8-10,32-33H,4-7H2,1-3H3;7,26H,5-6H2,1-4H3. The molecule has 8 nitrogen and oxygen atoms in total. The van der Waals surface area contributed by atoms with Crippen molar-refractivity contribution in [3.63, 3.8) is 0 Å². The van der Waals surface area contributed by atoms with Crippen LogP contribution >= 0.6 is 0 Å². The van der Waals surface area contributed by atoms with Gasteiger partial charge in [0.25, 0.3) is 11.2 Å². The number of carbonyl (C=O) groups excluding carboxylic acids is 2. The molecule has 0 aromatic carbocycles. The van der Waals surface area contributed by atoms with Gasteiger partial charge < -0.3 is 24.8 Å². The van der Waals surface area contributed by atoms with Crippen molar-refractivity contribution in [2.45, 2.75) is 159 Å². The van der Waals surface area contributed by atoms with Gasteiger partial charge in [-0.3, -0.25) is 14.3 Å². The number of hydrogen-bond acceptors (Lipinski definition) is 8. The van der Waals surface area contributed by atoms with Crippen molar-refractivity contribution >= 4 is 11.9 Å². The van der Waals surface area contributed by atoms with E-state index in [1.807, 2.05) is 0 Å². The van der Waals surface area contributed by atoms with Gasteiger partial charge in [-0.15, -0.1) is 0 Å². The molecule has 0 aromatic rings. The molecule has 1 aliphatic carbocycles. The zero-order chi connectivity index (χ0) is 50.3. The van der Waals surface area contributed by atoms with E-state index in [2.05, 4.69) is 9.47 Å². The van der Waals surface area contributed by atoms with E-state index in [9.17, 15) is 121 Å². The number of alkyl halides is 22. The minimum atomic E-state index is -6.75. The van der Waals surface area contributed by atoms with Gasteiger partial charge in [-0.1, -0.05) is 13.8 Å². The first-order chi connectivity index (χ1) is 26.9. The first-order valence-electron chi connectivity index (χ1n) is 17.2. The molecule has 0 heterocycles. The summed E-state index contributed by atoms with van der Waals surface area (Å²) in [4.78, 5) is 24.0. The Morgan fingerprint density at radius 1 is 0.532 bits per heavy atom. The van der Waals surface area contributed by atoms with E-state index in [0.29, 0.717) is 0 Å². The van der Waals surface area contributed by atoms with Gasteiger partial charge in [0, 0.05) is 18.8 Å². The maximum atomic E-state index is 14.3. The summed E-state index contributed by atoms with van der Waals surface area (Å²) < 4.78 is 303. The average molecular weight is 971 g/mol. The first-order valence-corrected chi connectivity index (χ1v) is 17.2. The lowest BCUT2D eigenvalue weighted by Gasteiger charge is -2.48. The highest BCUT2D eigenvalue weighted by Gasteiger charge is 2.80. The van der Waals surface area contributed by atoms with Crippen LogP contribution in [0.25, 0.3) is 0 Å². The van der Waals surface area contributed by atoms with Gasteiger partial charge in [0.15, 0.2) is 6.10 Å². The first kappa shape index (κ1) is 59.2. The summed E-state index contributed by atoms with van der Waals surface area (Å²) in [7, 11) is 0. The van der Waals surface area contributed by atoms with Gasteiger partial charge in [0.05, 0.1) is 10.8 Å². The van der Waals surface area contributed by atoms with Gasteiger partial charge in [-0.25, -0.2) is 8.78 Å². The number of ether oxygens (including phenoxy) is 3. The molecule has 1 aliphatic rings. The summed E-state index contributed by atoms with van der Waals surface area (Å²) in [6.45, 7) is 4.08. The summed E-state index contributed by atoms with van der Waals surface area (Å²) >= 11 is 0. The number of rotatable bonds is 13. The fraction of sp³-hybridized carbons (Fsp3) is 0.938. The van der Waals surface area contributed by atoms with Crippen LogP contribution in [0.15, 0.2) is 0 Å². The van der Waals surface area contributed by atoms with Crippen molar-refractivity contribution in [1.82, 2.24) is 0 Å². The molecule has 1 saturated carbocycles. The molecule has 0 aromatic heterocycles. The zero-order valence-corrected chi connectivity index (χ0v) is 32.8. The van der Waals surface area contributed by atoms with Crippen LogP contribution in [-0.4, -0.2) is 112 Å². The predicted molar refractivity (Wildman–Crippen MR) is 161 cm³/mol. The molecule has 370 valence electrons. The van der Waals surface area contributed by atoms with E-state index in [4.69, 9.17) is 4.74 Å². The Bertz CT molecular complexity index is 1440. The van der Waals surface area contributed by atoms with Crippen molar-refractivity contribution in [1.29, 1.82) is 0 Å². The van der Waals surface area contributed by atoms with Crippen LogP contribution in [0.4, 0.5) is 96.6 Å². The van der Waals surface area contributed by atoms with E-state index in [0.717, 1.165) is 13.8 Å². The number of hydrogen-bond donors (Lipinski definition) is 3. The Kier molecular flexibility index (Phi) is 17.4. The molecule has 0 aliphatic heterocycles. The third kappa shape index (κ3) is 11.7. The number of aliphatic hydroxyl groups is 3. The van der Waals surface area contributed by atoms with Gasteiger partial charge >= 0.3 is 66.6 Å². The molecule has 5 atom stereocenters. The molecule has 3 N–H and O–H groups in total. The van der Waals surface area contributed by atoms with E-state index >= 15 is 0 Å². The lowest BCUT2D eigenvalue weighted by Crippen LogP contribution is -2.69. The maximum Gasteiger partial charge on any atom is 0.449 e. The largest absolute Gasteiger partial charge is 0.462 e. The minimum Gasteiger partial charge on any atom is -0.462 e. The highest BCUT2D eigenvalue weighted by atomic mass is 19.4. The van der Waals surface area contributed by atoms with Crippen molar-refractivity contribution < 1.29 is 136 Å². The lowest BCUT2D eigenvalue weighted by molar-refractivity contribution is -0.496. The topological polar surface area (TPSA) is 123 Å². The molecule has 0 spiro atoms. The van der Waals surface area contributed by atoms with E-state index in [1.165, 1.54) is 27.7 Å². The van der Waals surface area contributed by atoms with E-state index < -0.39 is 145 Å². The maximum absolute atomic E-state index is 14.3. The summed E-state index contributed by atoms with van der Waals surface area (Å²) in [6.07, 6.45) is -50.9. The van der Waals surface area contributed by atoms with Gasteiger partial charge in [0.1, 0.15) is 12.8 Å². The summed E-state index contributed by atoms with van der Waals surface area (Å²) in [6, 6.07) is 0. The Labute approximate surface area is 336 Å². The van der Waals surface area contributed by atoms with Crippen molar-refractivity contribution in [2.24, 2.45) is 22.7 Å². The second-order valence-electron chi connectivity index (χ2n) is 15.5. The highest BCUT2D eigenvalue weighted by Crippen LogP contribution is 2.58. The summed E-state index contributed by atoms with van der Waals surface area (Å²) in [5.41, 5.74) is -14.5. The Morgan fingerprint density at radius 3 is 1.11 bits per heavy atom. The quantitative estimate of drug-likeness (QED) is 0.0948. The Morgan fingerprint density at radius 2 is 0.855 bits per heavy atom. The van der Waals surface area contributed by atoms with Crippen LogP contribution in [-0.2, 0) is 23.8 Å². The molecule has 62 heavy (non-hydrogen) atoms. The molecule has 0 radical (unpaired) electrons. The number of carbonyl (C=O) groups is 2. The van der Waals surface area contributed by atoms with Crippen LogP contribution in [0.1, 0.15) is 80.6 Å². The molecule has 0 saturated heterocycles. The Hall–Kier alpha value is -2.76.